The lowest BCUT2D eigenvalue weighted by Gasteiger charge is -2.30. The van der Waals surface area contributed by atoms with E-state index in [1.54, 1.807) is 18.6 Å². The Balaban J connectivity index is 1.19. The Morgan fingerprint density at radius 3 is 2.58 bits per heavy atom. The molecule has 0 bridgehead atoms. The van der Waals surface area contributed by atoms with Crippen molar-refractivity contribution < 1.29 is 4.74 Å². The molecule has 1 aliphatic carbocycles. The van der Waals surface area contributed by atoms with E-state index in [0.717, 1.165) is 53.8 Å². The first-order chi connectivity index (χ1) is 15.2. The first-order valence-electron chi connectivity index (χ1n) is 10.5. The van der Waals surface area contributed by atoms with Crippen LogP contribution in [0.1, 0.15) is 25.7 Å². The van der Waals surface area contributed by atoms with Gasteiger partial charge in [-0.15, -0.1) is 0 Å². The third-order valence-electron chi connectivity index (χ3n) is 5.76. The van der Waals surface area contributed by atoms with Crippen molar-refractivity contribution in [3.8, 4) is 17.0 Å². The number of hydrogen-bond donors (Lipinski definition) is 2. The first-order valence-corrected chi connectivity index (χ1v) is 10.5. The molecular weight excluding hydrogens is 390 g/mol. The summed E-state index contributed by atoms with van der Waals surface area (Å²) in [6, 6.07) is 10.1. The van der Waals surface area contributed by atoms with Gasteiger partial charge < -0.3 is 15.8 Å². The predicted molar refractivity (Wildman–Crippen MR) is 121 cm³/mol. The Morgan fingerprint density at radius 2 is 1.84 bits per heavy atom. The molecule has 0 unspecified atom stereocenters. The molecule has 1 saturated carbocycles. The van der Waals surface area contributed by atoms with Gasteiger partial charge in [0, 0.05) is 55.2 Å². The van der Waals surface area contributed by atoms with Gasteiger partial charge in [0.15, 0.2) is 0 Å². The maximum absolute atomic E-state index is 6.28. The molecule has 0 amide bonds. The van der Waals surface area contributed by atoms with Gasteiger partial charge in [0.1, 0.15) is 17.1 Å². The highest BCUT2D eigenvalue weighted by molar-refractivity contribution is 5.84. The van der Waals surface area contributed by atoms with Crippen LogP contribution >= 0.6 is 0 Å². The van der Waals surface area contributed by atoms with E-state index in [-0.39, 0.29) is 6.10 Å². The minimum atomic E-state index is 0.144. The van der Waals surface area contributed by atoms with Gasteiger partial charge in [-0.1, -0.05) is 0 Å². The Labute approximate surface area is 180 Å². The van der Waals surface area contributed by atoms with Crippen LogP contribution in [-0.2, 0) is 7.05 Å². The highest BCUT2D eigenvalue weighted by atomic mass is 16.5. The van der Waals surface area contributed by atoms with E-state index < -0.39 is 0 Å². The number of aromatic nitrogens is 5. The van der Waals surface area contributed by atoms with Crippen molar-refractivity contribution in [1.29, 1.82) is 0 Å². The van der Waals surface area contributed by atoms with Crippen molar-refractivity contribution in [3.05, 3.63) is 55.1 Å². The topological polar surface area (TPSA) is 104 Å². The molecule has 3 heterocycles. The van der Waals surface area contributed by atoms with Gasteiger partial charge >= 0.3 is 0 Å². The predicted octanol–water partition coefficient (Wildman–Crippen LogP) is 3.81. The van der Waals surface area contributed by atoms with Gasteiger partial charge in [-0.2, -0.15) is 5.10 Å². The summed E-state index contributed by atoms with van der Waals surface area (Å²) >= 11 is 0. The number of rotatable bonds is 5. The van der Waals surface area contributed by atoms with Gasteiger partial charge in [-0.25, -0.2) is 9.97 Å². The Hall–Kier alpha value is -3.68. The summed E-state index contributed by atoms with van der Waals surface area (Å²) in [5.41, 5.74) is 10.3. The number of fused-ring (bicyclic) bond motifs is 1. The molecule has 0 aliphatic heterocycles. The standard InChI is InChI=1S/C23H25N7O/c1-30-20(8-9-28-30)15-2-7-22(27-14-15)29-17-3-5-18(6-4-17)31-21-13-16(24)12-19-23(21)26-11-10-25-19/h2,7-14,17-18H,3-6,24H2,1H3,(H,27,29). The van der Waals surface area contributed by atoms with E-state index in [2.05, 4.69) is 31.4 Å². The molecule has 3 aromatic heterocycles. The van der Waals surface area contributed by atoms with Gasteiger partial charge in [-0.3, -0.25) is 9.67 Å². The van der Waals surface area contributed by atoms with Crippen LogP contribution in [0.2, 0.25) is 0 Å². The van der Waals surface area contributed by atoms with Crippen molar-refractivity contribution in [2.24, 2.45) is 7.05 Å². The van der Waals surface area contributed by atoms with Crippen LogP contribution in [0.5, 0.6) is 5.75 Å². The van der Waals surface area contributed by atoms with Crippen LogP contribution < -0.4 is 15.8 Å². The second-order valence-electron chi connectivity index (χ2n) is 7.95. The maximum atomic E-state index is 6.28. The Bertz CT molecular complexity index is 1180. The molecule has 158 valence electrons. The molecule has 31 heavy (non-hydrogen) atoms. The number of benzene rings is 1. The molecule has 8 nitrogen and oxygen atoms in total. The Kier molecular flexibility index (Phi) is 5.11. The van der Waals surface area contributed by atoms with Crippen molar-refractivity contribution >= 4 is 22.5 Å². The molecule has 4 aromatic rings. The number of anilines is 2. The van der Waals surface area contributed by atoms with Crippen LogP contribution in [0.25, 0.3) is 22.3 Å². The third-order valence-corrected chi connectivity index (χ3v) is 5.76. The van der Waals surface area contributed by atoms with E-state index in [1.807, 2.05) is 42.2 Å². The Morgan fingerprint density at radius 1 is 1.00 bits per heavy atom. The monoisotopic (exact) mass is 415 g/mol. The average Bonchev–Trinajstić information content (AvgIpc) is 3.21. The molecule has 0 atom stereocenters. The largest absolute Gasteiger partial charge is 0.488 e. The zero-order valence-electron chi connectivity index (χ0n) is 17.4. The van der Waals surface area contributed by atoms with Crippen molar-refractivity contribution in [1.82, 2.24) is 24.7 Å². The number of nitrogens with one attached hydrogen (secondary N) is 1. The normalized spacial score (nSPS) is 18.7. The summed E-state index contributed by atoms with van der Waals surface area (Å²) in [6.07, 6.45) is 11.1. The number of nitrogen functional groups attached to an aromatic ring is 1. The number of pyridine rings is 1. The van der Waals surface area contributed by atoms with Gasteiger partial charge in [0.25, 0.3) is 0 Å². The maximum Gasteiger partial charge on any atom is 0.149 e. The van der Waals surface area contributed by atoms with E-state index in [1.165, 1.54) is 0 Å². The lowest BCUT2D eigenvalue weighted by Crippen LogP contribution is -2.31. The van der Waals surface area contributed by atoms with E-state index in [4.69, 9.17) is 10.5 Å². The zero-order valence-corrected chi connectivity index (χ0v) is 17.4. The van der Waals surface area contributed by atoms with E-state index in [0.29, 0.717) is 17.5 Å². The first kappa shape index (κ1) is 19.3. The van der Waals surface area contributed by atoms with Crippen LogP contribution in [0.4, 0.5) is 11.5 Å². The number of aryl methyl sites for hydroxylation is 1. The van der Waals surface area contributed by atoms with Crippen LogP contribution in [0.15, 0.2) is 55.1 Å². The molecule has 3 N–H and O–H groups in total. The molecule has 0 saturated heterocycles. The van der Waals surface area contributed by atoms with Crippen molar-refractivity contribution in [3.63, 3.8) is 0 Å². The number of nitrogens with two attached hydrogens (primary N) is 1. The summed E-state index contributed by atoms with van der Waals surface area (Å²) in [7, 11) is 1.93. The summed E-state index contributed by atoms with van der Waals surface area (Å²) in [5.74, 6) is 1.61. The summed E-state index contributed by atoms with van der Waals surface area (Å²) in [4.78, 5) is 13.3. The summed E-state index contributed by atoms with van der Waals surface area (Å²) in [6.45, 7) is 0. The van der Waals surface area contributed by atoms with Crippen molar-refractivity contribution in [2.45, 2.75) is 37.8 Å². The quantitative estimate of drug-likeness (QED) is 0.478. The van der Waals surface area contributed by atoms with Crippen molar-refractivity contribution in [2.75, 3.05) is 11.1 Å². The molecule has 8 heteroatoms. The number of ether oxygens (including phenoxy) is 1. The van der Waals surface area contributed by atoms with E-state index in [9.17, 15) is 0 Å². The number of hydrogen-bond acceptors (Lipinski definition) is 7. The second-order valence-corrected chi connectivity index (χ2v) is 7.95. The van der Waals surface area contributed by atoms with Gasteiger partial charge in [0.05, 0.1) is 17.3 Å². The third kappa shape index (κ3) is 4.14. The lowest BCUT2D eigenvalue weighted by molar-refractivity contribution is 0.152. The fraction of sp³-hybridized carbons (Fsp3) is 0.304. The molecule has 0 radical (unpaired) electrons. The number of nitrogens with zero attached hydrogens (tertiary/aromatic N) is 5. The summed E-state index contributed by atoms with van der Waals surface area (Å²) < 4.78 is 8.13. The zero-order chi connectivity index (χ0) is 21.2. The lowest BCUT2D eigenvalue weighted by atomic mass is 9.93. The van der Waals surface area contributed by atoms with Gasteiger partial charge in [-0.05, 0) is 49.9 Å². The molecule has 1 aromatic carbocycles. The smallest absolute Gasteiger partial charge is 0.149 e. The highest BCUT2D eigenvalue weighted by Crippen LogP contribution is 2.31. The van der Waals surface area contributed by atoms with Crippen LogP contribution in [0.3, 0.4) is 0 Å². The average molecular weight is 416 g/mol. The molecule has 1 fully saturated rings. The minimum absolute atomic E-state index is 0.144. The summed E-state index contributed by atoms with van der Waals surface area (Å²) in [5, 5.41) is 7.77. The minimum Gasteiger partial charge on any atom is -0.488 e. The highest BCUT2D eigenvalue weighted by Gasteiger charge is 2.23. The van der Waals surface area contributed by atoms with E-state index >= 15 is 0 Å². The second kappa shape index (κ2) is 8.22. The molecule has 5 rings (SSSR count). The molecule has 0 spiro atoms. The fourth-order valence-electron chi connectivity index (χ4n) is 4.15. The van der Waals surface area contributed by atoms with Crippen LogP contribution in [-0.4, -0.2) is 36.9 Å². The SMILES string of the molecule is Cn1nccc1-c1ccc(NC2CCC(Oc3cc(N)cc4nccnc34)CC2)nc1. The van der Waals surface area contributed by atoms with Gasteiger partial charge in [0.2, 0.25) is 0 Å². The van der Waals surface area contributed by atoms with Crippen LogP contribution in [0, 0.1) is 0 Å². The fourth-order valence-corrected chi connectivity index (χ4v) is 4.15. The molecular formula is C23H25N7O. The molecule has 1 aliphatic rings.